The van der Waals surface area contributed by atoms with Gasteiger partial charge in [-0.3, -0.25) is 9.69 Å². The maximum atomic E-state index is 12.5. The van der Waals surface area contributed by atoms with Crippen LogP contribution in [0.15, 0.2) is 54.6 Å². The van der Waals surface area contributed by atoms with E-state index in [0.717, 1.165) is 44.9 Å². The first-order chi connectivity index (χ1) is 14.2. The Morgan fingerprint density at radius 1 is 1.03 bits per heavy atom. The molecule has 1 fully saturated rings. The Hall–Kier alpha value is -2.37. The molecule has 2 aromatic rings. The molecule has 1 atom stereocenters. The van der Waals surface area contributed by atoms with Crippen molar-refractivity contribution < 1.29 is 9.53 Å². The van der Waals surface area contributed by atoms with E-state index in [1.54, 1.807) is 7.11 Å². The second-order valence-corrected chi connectivity index (χ2v) is 7.55. The van der Waals surface area contributed by atoms with Gasteiger partial charge in [0.15, 0.2) is 0 Å². The van der Waals surface area contributed by atoms with Crippen molar-refractivity contribution in [2.45, 2.75) is 25.8 Å². The molecule has 0 bridgehead atoms. The van der Waals surface area contributed by atoms with Gasteiger partial charge in [-0.25, -0.2) is 0 Å². The van der Waals surface area contributed by atoms with Gasteiger partial charge in [-0.15, -0.1) is 0 Å². The molecule has 0 radical (unpaired) electrons. The minimum atomic E-state index is 0.111. The van der Waals surface area contributed by atoms with Gasteiger partial charge in [0.1, 0.15) is 5.75 Å². The predicted molar refractivity (Wildman–Crippen MR) is 117 cm³/mol. The van der Waals surface area contributed by atoms with Crippen molar-refractivity contribution in [3.8, 4) is 5.75 Å². The highest BCUT2D eigenvalue weighted by Gasteiger charge is 2.25. The summed E-state index contributed by atoms with van der Waals surface area (Å²) in [7, 11) is 1.68. The van der Waals surface area contributed by atoms with Crippen LogP contribution in [0.5, 0.6) is 5.75 Å². The molecule has 1 N–H and O–H groups in total. The molecule has 1 amide bonds. The van der Waals surface area contributed by atoms with Gasteiger partial charge in [-0.2, -0.15) is 0 Å². The van der Waals surface area contributed by atoms with Gasteiger partial charge in [0.05, 0.1) is 13.2 Å². The van der Waals surface area contributed by atoms with E-state index in [0.29, 0.717) is 13.0 Å². The first kappa shape index (κ1) is 21.3. The molecule has 1 unspecified atom stereocenters. The van der Waals surface area contributed by atoms with Crippen LogP contribution in [0.2, 0.25) is 0 Å². The summed E-state index contributed by atoms with van der Waals surface area (Å²) in [6.45, 7) is 8.12. The summed E-state index contributed by atoms with van der Waals surface area (Å²) in [5.74, 6) is 0.967. The Morgan fingerprint density at radius 3 is 2.34 bits per heavy atom. The summed E-state index contributed by atoms with van der Waals surface area (Å²) < 4.78 is 5.31. The lowest BCUT2D eigenvalue weighted by molar-refractivity contribution is -0.121. The van der Waals surface area contributed by atoms with Gasteiger partial charge >= 0.3 is 0 Å². The first-order valence-corrected chi connectivity index (χ1v) is 10.6. The Bertz CT molecular complexity index is 740. The molecule has 0 spiro atoms. The Morgan fingerprint density at radius 2 is 1.72 bits per heavy atom. The van der Waals surface area contributed by atoms with Crippen LogP contribution < -0.4 is 10.1 Å². The smallest absolute Gasteiger partial charge is 0.220 e. The van der Waals surface area contributed by atoms with Gasteiger partial charge in [0.25, 0.3) is 0 Å². The zero-order chi connectivity index (χ0) is 20.5. The molecule has 1 aliphatic heterocycles. The number of nitrogens with zero attached hydrogens (tertiary/aromatic N) is 2. The highest BCUT2D eigenvalue weighted by Crippen LogP contribution is 2.24. The number of hydrogen-bond donors (Lipinski definition) is 1. The van der Waals surface area contributed by atoms with Crippen molar-refractivity contribution in [3.05, 3.63) is 65.7 Å². The molecule has 2 aromatic carbocycles. The molecule has 0 aromatic heterocycles. The van der Waals surface area contributed by atoms with Gasteiger partial charge in [0, 0.05) is 39.1 Å². The number of carbonyl (C=O) groups excluding carboxylic acids is 1. The summed E-state index contributed by atoms with van der Waals surface area (Å²) in [5, 5.41) is 3.18. The molecule has 0 saturated carbocycles. The van der Waals surface area contributed by atoms with E-state index in [2.05, 4.69) is 46.3 Å². The van der Waals surface area contributed by atoms with Crippen molar-refractivity contribution in [1.82, 2.24) is 15.1 Å². The fraction of sp³-hybridized carbons (Fsp3) is 0.458. The monoisotopic (exact) mass is 395 g/mol. The minimum Gasteiger partial charge on any atom is -0.497 e. The fourth-order valence-electron chi connectivity index (χ4n) is 3.88. The summed E-state index contributed by atoms with van der Waals surface area (Å²) in [5.41, 5.74) is 2.42. The van der Waals surface area contributed by atoms with E-state index < -0.39 is 0 Å². The van der Waals surface area contributed by atoms with Crippen LogP contribution in [-0.4, -0.2) is 62.1 Å². The normalized spacial score (nSPS) is 16.3. The number of methoxy groups -OCH3 is 1. The number of amides is 1. The number of carbonyl (C=O) groups is 1. The number of rotatable bonds is 9. The van der Waals surface area contributed by atoms with Crippen molar-refractivity contribution in [1.29, 1.82) is 0 Å². The van der Waals surface area contributed by atoms with Crippen molar-refractivity contribution in [3.63, 3.8) is 0 Å². The summed E-state index contributed by atoms with van der Waals surface area (Å²) in [4.78, 5) is 17.4. The van der Waals surface area contributed by atoms with Crippen LogP contribution in [0.1, 0.15) is 30.5 Å². The molecule has 3 rings (SSSR count). The fourth-order valence-corrected chi connectivity index (χ4v) is 3.88. The largest absolute Gasteiger partial charge is 0.497 e. The van der Waals surface area contributed by atoms with E-state index in [-0.39, 0.29) is 11.9 Å². The summed E-state index contributed by atoms with van der Waals surface area (Å²) in [6.07, 6.45) is 1.29. The predicted octanol–water partition coefficient (Wildman–Crippen LogP) is 3.12. The molecule has 156 valence electrons. The number of hydrogen-bond acceptors (Lipinski definition) is 4. The van der Waals surface area contributed by atoms with E-state index in [1.165, 1.54) is 11.1 Å². The number of ether oxygens (including phenoxy) is 1. The van der Waals surface area contributed by atoms with Crippen molar-refractivity contribution >= 4 is 5.91 Å². The Balaban J connectivity index is 1.60. The molecule has 1 saturated heterocycles. The second-order valence-electron chi connectivity index (χ2n) is 7.55. The zero-order valence-electron chi connectivity index (χ0n) is 17.6. The van der Waals surface area contributed by atoms with Crippen LogP contribution in [0, 0.1) is 0 Å². The lowest BCUT2D eigenvalue weighted by Gasteiger charge is -2.39. The molecular weight excluding hydrogens is 362 g/mol. The van der Waals surface area contributed by atoms with Gasteiger partial charge < -0.3 is 15.0 Å². The van der Waals surface area contributed by atoms with E-state index in [4.69, 9.17) is 4.74 Å². The SMILES string of the molecule is CCN1CCN(C(CNC(=O)CCc2ccccc2)c2ccc(OC)cc2)CC1. The average Bonchev–Trinajstić information content (AvgIpc) is 2.79. The lowest BCUT2D eigenvalue weighted by Crippen LogP contribution is -2.49. The quantitative estimate of drug-likeness (QED) is 0.709. The number of likely N-dealkylation sites (N-methyl/N-ethyl adjacent to an activating group) is 1. The van der Waals surface area contributed by atoms with Gasteiger partial charge in [0.2, 0.25) is 5.91 Å². The molecule has 0 aliphatic carbocycles. The number of piperazine rings is 1. The van der Waals surface area contributed by atoms with Crippen LogP contribution in [-0.2, 0) is 11.2 Å². The molecule has 1 heterocycles. The molecule has 1 aliphatic rings. The summed E-state index contributed by atoms with van der Waals surface area (Å²) >= 11 is 0. The standard InChI is InChI=1S/C24H33N3O2/c1-3-26-15-17-27(18-16-26)23(21-10-12-22(29-2)13-11-21)19-25-24(28)14-9-20-7-5-4-6-8-20/h4-8,10-13,23H,3,9,14-19H2,1-2H3,(H,25,28). The van der Waals surface area contributed by atoms with Crippen LogP contribution in [0.3, 0.4) is 0 Å². The number of nitrogens with one attached hydrogen (secondary N) is 1. The Kier molecular flexibility index (Phi) is 8.08. The number of aryl methyl sites for hydroxylation is 1. The van der Waals surface area contributed by atoms with Crippen LogP contribution in [0.4, 0.5) is 0 Å². The van der Waals surface area contributed by atoms with Crippen LogP contribution in [0.25, 0.3) is 0 Å². The first-order valence-electron chi connectivity index (χ1n) is 10.6. The van der Waals surface area contributed by atoms with Crippen molar-refractivity contribution in [2.75, 3.05) is 46.4 Å². The minimum absolute atomic E-state index is 0.111. The van der Waals surface area contributed by atoms with Gasteiger partial charge in [-0.05, 0) is 36.2 Å². The molecule has 5 nitrogen and oxygen atoms in total. The molecule has 5 heteroatoms. The maximum Gasteiger partial charge on any atom is 0.220 e. The van der Waals surface area contributed by atoms with E-state index >= 15 is 0 Å². The third-order valence-corrected chi connectivity index (χ3v) is 5.77. The summed E-state index contributed by atoms with van der Waals surface area (Å²) in [6, 6.07) is 18.6. The Labute approximate surface area is 174 Å². The molecule has 29 heavy (non-hydrogen) atoms. The van der Waals surface area contributed by atoms with E-state index in [1.807, 2.05) is 30.3 Å². The maximum absolute atomic E-state index is 12.5. The lowest BCUT2D eigenvalue weighted by atomic mass is 10.0. The van der Waals surface area contributed by atoms with Gasteiger partial charge in [-0.1, -0.05) is 49.4 Å². The second kappa shape index (κ2) is 11.0. The zero-order valence-corrected chi connectivity index (χ0v) is 17.6. The highest BCUT2D eigenvalue weighted by molar-refractivity contribution is 5.76. The van der Waals surface area contributed by atoms with E-state index in [9.17, 15) is 4.79 Å². The van der Waals surface area contributed by atoms with Crippen molar-refractivity contribution in [2.24, 2.45) is 0 Å². The average molecular weight is 396 g/mol. The molecular formula is C24H33N3O2. The third-order valence-electron chi connectivity index (χ3n) is 5.77. The number of benzene rings is 2. The highest BCUT2D eigenvalue weighted by atomic mass is 16.5. The third kappa shape index (κ3) is 6.31. The topological polar surface area (TPSA) is 44.8 Å². The van der Waals surface area contributed by atoms with Crippen LogP contribution >= 0.6 is 0 Å².